The van der Waals surface area contributed by atoms with Crippen molar-refractivity contribution in [1.29, 1.82) is 0 Å². The Hall–Kier alpha value is -0.0151. The molecule has 0 aromatic rings. The van der Waals surface area contributed by atoms with Crippen molar-refractivity contribution in [2.24, 2.45) is 0 Å². The number of unbranched alkanes of at least 4 members (excludes halogenated alkanes) is 4. The van der Waals surface area contributed by atoms with Crippen LogP contribution >= 0.6 is 0 Å². The molecule has 1 rings (SSSR count). The van der Waals surface area contributed by atoms with Gasteiger partial charge in [-0.15, -0.1) is 0 Å². The van der Waals surface area contributed by atoms with Crippen LogP contribution in [-0.4, -0.2) is 38.1 Å². The highest BCUT2D eigenvalue weighted by molar-refractivity contribution is 6.04. The van der Waals surface area contributed by atoms with Crippen LogP contribution in [0.4, 0.5) is 0 Å². The van der Waals surface area contributed by atoms with Crippen molar-refractivity contribution >= 4 is 7.98 Å². The number of rotatable bonds is 9. The van der Waals surface area contributed by atoms with Gasteiger partial charge in [0.25, 0.3) is 0 Å². The molecule has 0 saturated carbocycles. The molecule has 1 N–H and O–H groups in total. The van der Waals surface area contributed by atoms with Crippen LogP contribution in [0.5, 0.6) is 0 Å². The molecular weight excluding hydrogens is 219 g/mol. The summed E-state index contributed by atoms with van der Waals surface area (Å²) in [7, 11) is 5.59. The van der Waals surface area contributed by atoms with Gasteiger partial charge in [0.1, 0.15) is 0 Å². The first-order chi connectivity index (χ1) is 8.81. The maximum atomic E-state index is 5.59. The summed E-state index contributed by atoms with van der Waals surface area (Å²) in [5.74, 6) is 0. The van der Waals surface area contributed by atoms with Crippen LogP contribution in [0.15, 0.2) is 0 Å². The lowest BCUT2D eigenvalue weighted by atomic mass is 9.98. The fourth-order valence-corrected chi connectivity index (χ4v) is 3.10. The second-order valence-corrected chi connectivity index (χ2v) is 5.77. The maximum absolute atomic E-state index is 5.59. The second kappa shape index (κ2) is 9.86. The third-order valence-electron chi connectivity index (χ3n) is 4.32. The van der Waals surface area contributed by atoms with Crippen molar-refractivity contribution in [1.82, 2.24) is 10.1 Å². The van der Waals surface area contributed by atoms with Gasteiger partial charge >= 0.3 is 0 Å². The molecule has 2 nitrogen and oxygen atoms in total. The molecule has 0 aromatic heterocycles. The largest absolute Gasteiger partial charge is 0.363 e. The second-order valence-electron chi connectivity index (χ2n) is 5.77. The Balaban J connectivity index is 2.22. The fraction of sp³-hybridized carbons (Fsp3) is 1.00. The zero-order valence-electron chi connectivity index (χ0n) is 12.5. The molecule has 1 unspecified atom stereocenters. The molecule has 1 aliphatic rings. The van der Waals surface area contributed by atoms with Gasteiger partial charge in [-0.1, -0.05) is 46.0 Å². The topological polar surface area (TPSA) is 15.3 Å². The van der Waals surface area contributed by atoms with E-state index >= 15 is 0 Å². The third-order valence-corrected chi connectivity index (χ3v) is 4.32. The Morgan fingerprint density at radius 2 is 2.00 bits per heavy atom. The minimum atomic E-state index is 0.507. The normalized spacial score (nSPS) is 23.1. The van der Waals surface area contributed by atoms with Gasteiger partial charge in [0.05, 0.1) is 0 Å². The van der Waals surface area contributed by atoms with Crippen LogP contribution in [0, 0.1) is 0 Å². The van der Waals surface area contributed by atoms with E-state index in [-0.39, 0.29) is 0 Å². The van der Waals surface area contributed by atoms with Gasteiger partial charge < -0.3 is 5.23 Å². The first-order valence-electron chi connectivity index (χ1n) is 8.02. The number of nitrogens with one attached hydrogen (secondary N) is 1. The average Bonchev–Trinajstić information content (AvgIpc) is 2.43. The minimum absolute atomic E-state index is 0.507. The molecule has 1 saturated heterocycles. The highest BCUT2D eigenvalue weighted by Crippen LogP contribution is 2.19. The van der Waals surface area contributed by atoms with E-state index in [2.05, 4.69) is 24.0 Å². The first-order valence-corrected chi connectivity index (χ1v) is 8.02. The molecule has 0 bridgehead atoms. The summed E-state index contributed by atoms with van der Waals surface area (Å²) in [5.41, 5.74) is 0. The molecule has 0 amide bonds. The molecule has 2 atom stereocenters. The summed E-state index contributed by atoms with van der Waals surface area (Å²) < 4.78 is 0. The molecule has 1 fully saturated rings. The van der Waals surface area contributed by atoms with E-state index in [9.17, 15) is 0 Å². The lowest BCUT2D eigenvalue weighted by Crippen LogP contribution is -2.48. The summed E-state index contributed by atoms with van der Waals surface area (Å²) in [5, 5.41) is 2.96. The summed E-state index contributed by atoms with van der Waals surface area (Å²) in [6, 6.07) is 1.29. The molecule has 0 spiro atoms. The average molecular weight is 250 g/mol. The molecule has 2 radical (unpaired) electrons. The highest BCUT2D eigenvalue weighted by atomic mass is 15.2. The van der Waals surface area contributed by atoms with Gasteiger partial charge in [-0.05, 0) is 32.2 Å². The highest BCUT2D eigenvalue weighted by Gasteiger charge is 2.23. The van der Waals surface area contributed by atoms with Crippen molar-refractivity contribution in [3.8, 4) is 0 Å². The molecule has 3 heteroatoms. The van der Waals surface area contributed by atoms with Gasteiger partial charge in [-0.25, -0.2) is 0 Å². The van der Waals surface area contributed by atoms with Crippen LogP contribution in [0.2, 0.25) is 0 Å². The van der Waals surface area contributed by atoms with Crippen molar-refractivity contribution in [3.05, 3.63) is 0 Å². The Morgan fingerprint density at radius 1 is 1.22 bits per heavy atom. The maximum Gasteiger partial charge on any atom is 0.178 e. The van der Waals surface area contributed by atoms with Crippen molar-refractivity contribution in [3.63, 3.8) is 0 Å². The zero-order valence-corrected chi connectivity index (χ0v) is 12.5. The lowest BCUT2D eigenvalue weighted by molar-refractivity contribution is 0.132. The number of piperidine rings is 1. The molecule has 0 aromatic carbocycles. The van der Waals surface area contributed by atoms with Crippen LogP contribution in [0.3, 0.4) is 0 Å². The van der Waals surface area contributed by atoms with Crippen molar-refractivity contribution in [2.45, 2.75) is 83.7 Å². The van der Waals surface area contributed by atoms with Gasteiger partial charge in [0, 0.05) is 18.6 Å². The van der Waals surface area contributed by atoms with E-state index in [0.717, 1.165) is 12.6 Å². The number of hydrogen-bond donors (Lipinski definition) is 1. The fourth-order valence-electron chi connectivity index (χ4n) is 3.10. The Kier molecular flexibility index (Phi) is 8.78. The Bertz CT molecular complexity index is 199. The predicted molar refractivity (Wildman–Crippen MR) is 80.9 cm³/mol. The smallest absolute Gasteiger partial charge is 0.178 e. The van der Waals surface area contributed by atoms with E-state index < -0.39 is 0 Å². The van der Waals surface area contributed by atoms with Crippen molar-refractivity contribution < 1.29 is 0 Å². The van der Waals surface area contributed by atoms with E-state index in [0.29, 0.717) is 6.04 Å². The third kappa shape index (κ3) is 5.75. The summed E-state index contributed by atoms with van der Waals surface area (Å²) >= 11 is 0. The molecule has 104 valence electrons. The van der Waals surface area contributed by atoms with Crippen LogP contribution < -0.4 is 5.23 Å². The van der Waals surface area contributed by atoms with E-state index in [1.54, 1.807) is 0 Å². The molecule has 1 heterocycles. The molecular formula is C15H31BN2. The first kappa shape index (κ1) is 16.0. The standard InChI is InChI=1S/C15H31BN2/c1-3-5-6-7-8-11-15(4-2)18-12-9-10-14(13-18)17-16/h14-15,17H,3-13H2,1-2H3/t14-,15?/m0/s1. The van der Waals surface area contributed by atoms with Crippen LogP contribution in [0.1, 0.15) is 71.6 Å². The SMILES string of the molecule is [B]N[C@H]1CCCN(C(CC)CCCCCCC)C1. The lowest BCUT2D eigenvalue weighted by Gasteiger charge is -2.38. The minimum Gasteiger partial charge on any atom is -0.363 e. The van der Waals surface area contributed by atoms with Crippen LogP contribution in [0.25, 0.3) is 0 Å². The van der Waals surface area contributed by atoms with E-state index in [4.69, 9.17) is 7.98 Å². The Morgan fingerprint density at radius 3 is 2.67 bits per heavy atom. The van der Waals surface area contributed by atoms with Gasteiger partial charge in [0.15, 0.2) is 7.98 Å². The van der Waals surface area contributed by atoms with Crippen LogP contribution in [-0.2, 0) is 0 Å². The zero-order chi connectivity index (χ0) is 13.2. The van der Waals surface area contributed by atoms with Gasteiger partial charge in [-0.2, -0.15) is 0 Å². The van der Waals surface area contributed by atoms with E-state index in [1.165, 1.54) is 64.3 Å². The summed E-state index contributed by atoms with van der Waals surface area (Å²) in [4.78, 5) is 2.66. The quantitative estimate of drug-likeness (QED) is 0.499. The number of hydrogen-bond acceptors (Lipinski definition) is 2. The monoisotopic (exact) mass is 250 g/mol. The molecule has 0 aliphatic carbocycles. The predicted octanol–water partition coefficient (Wildman–Crippen LogP) is 3.26. The number of likely N-dealkylation sites (tertiary alicyclic amines) is 1. The number of nitrogens with zero attached hydrogens (tertiary/aromatic N) is 1. The summed E-state index contributed by atoms with van der Waals surface area (Å²) in [6.45, 7) is 7.02. The van der Waals surface area contributed by atoms with Gasteiger partial charge in [0.2, 0.25) is 0 Å². The van der Waals surface area contributed by atoms with Gasteiger partial charge in [-0.3, -0.25) is 4.90 Å². The molecule has 1 aliphatic heterocycles. The summed E-state index contributed by atoms with van der Waals surface area (Å²) in [6.07, 6.45) is 12.2. The Labute approximate surface area is 115 Å². The van der Waals surface area contributed by atoms with E-state index in [1.807, 2.05) is 0 Å². The van der Waals surface area contributed by atoms with Crippen molar-refractivity contribution in [2.75, 3.05) is 13.1 Å². The molecule has 18 heavy (non-hydrogen) atoms.